The number of carbonyl (C=O) groups is 1. The number of para-hydroxylation sites is 1. The Kier molecular flexibility index (Phi) is 5.51. The summed E-state index contributed by atoms with van der Waals surface area (Å²) in [5.41, 5.74) is 1.95. The number of fused-ring (bicyclic) bond motifs is 1. The maximum absolute atomic E-state index is 11.8. The lowest BCUT2D eigenvalue weighted by Gasteiger charge is -2.31. The number of esters is 1. The average Bonchev–Trinajstić information content (AvgIpc) is 2.94. The molecule has 0 amide bonds. The van der Waals surface area contributed by atoms with Crippen LogP contribution in [-0.2, 0) is 22.5 Å². The maximum atomic E-state index is 11.8. The number of likely N-dealkylation sites (tertiary alicyclic amines) is 1. The second kappa shape index (κ2) is 7.79. The molecule has 0 radical (unpaired) electrons. The highest BCUT2D eigenvalue weighted by Crippen LogP contribution is 2.24. The zero-order chi connectivity index (χ0) is 16.9. The van der Waals surface area contributed by atoms with E-state index in [0.717, 1.165) is 29.7 Å². The summed E-state index contributed by atoms with van der Waals surface area (Å²) in [6, 6.07) is 8.18. The van der Waals surface area contributed by atoms with E-state index in [1.54, 1.807) is 0 Å². The first-order valence-electron chi connectivity index (χ1n) is 9.03. The smallest absolute Gasteiger partial charge is 0.311 e. The van der Waals surface area contributed by atoms with Crippen molar-refractivity contribution in [3.8, 4) is 0 Å². The predicted octanol–water partition coefficient (Wildman–Crippen LogP) is 2.87. The van der Waals surface area contributed by atoms with Crippen LogP contribution in [0.3, 0.4) is 0 Å². The third-order valence-electron chi connectivity index (χ3n) is 4.94. The van der Waals surface area contributed by atoms with Crippen molar-refractivity contribution in [3.63, 3.8) is 0 Å². The molecule has 0 unspecified atom stereocenters. The van der Waals surface area contributed by atoms with Gasteiger partial charge in [-0.05, 0) is 51.4 Å². The highest BCUT2D eigenvalue weighted by atomic mass is 16.5. The number of piperidine rings is 1. The van der Waals surface area contributed by atoms with E-state index < -0.39 is 0 Å². The van der Waals surface area contributed by atoms with E-state index in [0.29, 0.717) is 12.5 Å². The van der Waals surface area contributed by atoms with Gasteiger partial charge < -0.3 is 9.64 Å². The molecule has 1 aliphatic rings. The number of hydrogen-bond acceptors (Lipinski definition) is 4. The monoisotopic (exact) mass is 329 g/mol. The summed E-state index contributed by atoms with van der Waals surface area (Å²) in [6.07, 6.45) is 2.68. The van der Waals surface area contributed by atoms with Crippen molar-refractivity contribution in [2.45, 2.75) is 39.7 Å². The number of carbonyl (C=O) groups excluding carboxylic acids is 1. The van der Waals surface area contributed by atoms with Crippen molar-refractivity contribution in [3.05, 3.63) is 30.0 Å². The standard InChI is InChI=1S/C19H27N3O2/c1-3-21-11-9-15(10-12-21)14-22-18-8-6-5-7-16(18)17(20-22)13-19(23)24-4-2/h5-8,15H,3-4,9-14H2,1-2H3. The summed E-state index contributed by atoms with van der Waals surface area (Å²) in [5.74, 6) is 0.454. The highest BCUT2D eigenvalue weighted by molar-refractivity contribution is 5.86. The molecule has 2 heterocycles. The number of nitrogens with zero attached hydrogens (tertiary/aromatic N) is 3. The van der Waals surface area contributed by atoms with Gasteiger partial charge in [-0.2, -0.15) is 5.10 Å². The van der Waals surface area contributed by atoms with Gasteiger partial charge in [0, 0.05) is 11.9 Å². The largest absolute Gasteiger partial charge is 0.466 e. The van der Waals surface area contributed by atoms with E-state index >= 15 is 0 Å². The minimum Gasteiger partial charge on any atom is -0.466 e. The Morgan fingerprint density at radius 3 is 2.71 bits per heavy atom. The Labute approximate surface area is 143 Å². The van der Waals surface area contributed by atoms with Crippen LogP contribution in [0.25, 0.3) is 10.9 Å². The molecule has 1 saturated heterocycles. The second-order valence-corrected chi connectivity index (χ2v) is 6.51. The van der Waals surface area contributed by atoms with Gasteiger partial charge in [0.2, 0.25) is 0 Å². The third-order valence-corrected chi connectivity index (χ3v) is 4.94. The number of hydrogen-bond donors (Lipinski definition) is 0. The SMILES string of the molecule is CCOC(=O)Cc1nn(CC2CCN(CC)CC2)c2ccccc12. The lowest BCUT2D eigenvalue weighted by molar-refractivity contribution is -0.142. The molecule has 24 heavy (non-hydrogen) atoms. The molecule has 0 bridgehead atoms. The van der Waals surface area contributed by atoms with E-state index in [4.69, 9.17) is 9.84 Å². The Bertz CT molecular complexity index is 687. The number of ether oxygens (including phenoxy) is 1. The normalized spacial score (nSPS) is 16.6. The molecule has 1 aromatic heterocycles. The lowest BCUT2D eigenvalue weighted by atomic mass is 9.97. The van der Waals surface area contributed by atoms with E-state index in [9.17, 15) is 4.79 Å². The van der Waals surface area contributed by atoms with E-state index in [2.05, 4.69) is 22.6 Å². The van der Waals surface area contributed by atoms with Gasteiger partial charge in [-0.3, -0.25) is 9.48 Å². The summed E-state index contributed by atoms with van der Waals surface area (Å²) in [5, 5.41) is 5.81. The van der Waals surface area contributed by atoms with Gasteiger partial charge >= 0.3 is 5.97 Å². The van der Waals surface area contributed by atoms with Crippen molar-refractivity contribution in [2.75, 3.05) is 26.2 Å². The van der Waals surface area contributed by atoms with Crippen LogP contribution >= 0.6 is 0 Å². The molecular formula is C19H27N3O2. The van der Waals surface area contributed by atoms with Crippen LogP contribution in [0.4, 0.5) is 0 Å². The molecule has 0 atom stereocenters. The van der Waals surface area contributed by atoms with E-state index in [1.165, 1.54) is 25.9 Å². The fourth-order valence-corrected chi connectivity index (χ4v) is 3.54. The third kappa shape index (κ3) is 3.78. The fraction of sp³-hybridized carbons (Fsp3) is 0.579. The van der Waals surface area contributed by atoms with Gasteiger partial charge in [0.1, 0.15) is 0 Å². The summed E-state index contributed by atoms with van der Waals surface area (Å²) in [4.78, 5) is 14.4. The van der Waals surface area contributed by atoms with Gasteiger partial charge in [-0.15, -0.1) is 0 Å². The molecule has 5 heteroatoms. The quantitative estimate of drug-likeness (QED) is 0.765. The Morgan fingerprint density at radius 1 is 1.25 bits per heavy atom. The van der Waals surface area contributed by atoms with Gasteiger partial charge in [0.25, 0.3) is 0 Å². The zero-order valence-corrected chi connectivity index (χ0v) is 14.7. The molecule has 0 saturated carbocycles. The van der Waals surface area contributed by atoms with Crippen molar-refractivity contribution in [1.29, 1.82) is 0 Å². The van der Waals surface area contributed by atoms with Crippen LogP contribution in [0.2, 0.25) is 0 Å². The van der Waals surface area contributed by atoms with E-state index in [-0.39, 0.29) is 12.4 Å². The van der Waals surface area contributed by atoms with Crippen LogP contribution in [0.15, 0.2) is 24.3 Å². The van der Waals surface area contributed by atoms with Crippen molar-refractivity contribution in [2.24, 2.45) is 5.92 Å². The zero-order valence-electron chi connectivity index (χ0n) is 14.7. The number of aromatic nitrogens is 2. The fourth-order valence-electron chi connectivity index (χ4n) is 3.54. The summed E-state index contributed by atoms with van der Waals surface area (Å²) < 4.78 is 7.18. The minimum absolute atomic E-state index is 0.204. The molecule has 0 aliphatic carbocycles. The van der Waals surface area contributed by atoms with Crippen LogP contribution < -0.4 is 0 Å². The predicted molar refractivity (Wildman–Crippen MR) is 94.9 cm³/mol. The summed E-state index contributed by atoms with van der Waals surface area (Å²) in [7, 11) is 0. The first-order valence-corrected chi connectivity index (χ1v) is 9.03. The first kappa shape index (κ1) is 17.0. The van der Waals surface area contributed by atoms with Crippen molar-refractivity contribution < 1.29 is 9.53 Å². The Hall–Kier alpha value is -1.88. The van der Waals surface area contributed by atoms with Gasteiger partial charge in [0.15, 0.2) is 0 Å². The van der Waals surface area contributed by atoms with Gasteiger partial charge in [0.05, 0.1) is 24.2 Å². The molecule has 0 spiro atoms. The van der Waals surface area contributed by atoms with Crippen LogP contribution in [0.1, 0.15) is 32.4 Å². The average molecular weight is 329 g/mol. The molecule has 130 valence electrons. The molecule has 3 rings (SSSR count). The van der Waals surface area contributed by atoms with E-state index in [1.807, 2.05) is 25.1 Å². The van der Waals surface area contributed by atoms with Gasteiger partial charge in [-0.1, -0.05) is 25.1 Å². The molecule has 1 aromatic carbocycles. The lowest BCUT2D eigenvalue weighted by Crippen LogP contribution is -2.34. The molecule has 0 N–H and O–H groups in total. The maximum Gasteiger partial charge on any atom is 0.311 e. The van der Waals surface area contributed by atoms with Crippen molar-refractivity contribution in [1.82, 2.24) is 14.7 Å². The summed E-state index contributed by atoms with van der Waals surface area (Å²) in [6.45, 7) is 8.89. The topological polar surface area (TPSA) is 47.4 Å². The molecule has 1 aliphatic heterocycles. The second-order valence-electron chi connectivity index (χ2n) is 6.51. The number of rotatable bonds is 6. The molecule has 1 fully saturated rings. The Morgan fingerprint density at radius 2 is 2.00 bits per heavy atom. The first-order chi connectivity index (χ1) is 11.7. The van der Waals surface area contributed by atoms with Crippen LogP contribution in [0, 0.1) is 5.92 Å². The molecular weight excluding hydrogens is 302 g/mol. The number of benzene rings is 1. The van der Waals surface area contributed by atoms with Gasteiger partial charge in [-0.25, -0.2) is 0 Å². The van der Waals surface area contributed by atoms with Crippen LogP contribution in [-0.4, -0.2) is 46.9 Å². The Balaban J connectivity index is 1.77. The molecule has 2 aromatic rings. The highest BCUT2D eigenvalue weighted by Gasteiger charge is 2.21. The minimum atomic E-state index is -0.204. The van der Waals surface area contributed by atoms with Crippen molar-refractivity contribution >= 4 is 16.9 Å². The summed E-state index contributed by atoms with van der Waals surface area (Å²) >= 11 is 0. The van der Waals surface area contributed by atoms with Crippen LogP contribution in [0.5, 0.6) is 0 Å². The molecule has 5 nitrogen and oxygen atoms in total.